The van der Waals surface area contributed by atoms with Crippen LogP contribution in [0.25, 0.3) is 11.0 Å². The highest BCUT2D eigenvalue weighted by Gasteiger charge is 2.39. The molecule has 7 heteroatoms. The van der Waals surface area contributed by atoms with E-state index in [4.69, 9.17) is 14.3 Å². The van der Waals surface area contributed by atoms with Gasteiger partial charge in [0.05, 0.1) is 11.6 Å². The Hall–Kier alpha value is -2.83. The zero-order valence-corrected chi connectivity index (χ0v) is 17.3. The maximum Gasteiger partial charge on any atom is 0.260 e. The van der Waals surface area contributed by atoms with Gasteiger partial charge in [0.2, 0.25) is 0 Å². The van der Waals surface area contributed by atoms with Crippen molar-refractivity contribution in [3.05, 3.63) is 64.8 Å². The van der Waals surface area contributed by atoms with Gasteiger partial charge in [-0.05, 0) is 56.1 Å². The van der Waals surface area contributed by atoms with Gasteiger partial charge in [-0.1, -0.05) is 29.8 Å². The fourth-order valence-electron chi connectivity index (χ4n) is 3.56. The van der Waals surface area contributed by atoms with E-state index in [1.807, 2.05) is 0 Å². The van der Waals surface area contributed by atoms with Gasteiger partial charge in [-0.25, -0.2) is 9.97 Å². The second kappa shape index (κ2) is 7.78. The first-order valence-electron chi connectivity index (χ1n) is 10.6. The van der Waals surface area contributed by atoms with E-state index in [1.165, 1.54) is 18.7 Å². The molecular formula is C23H22ClN3O3. The number of hydrogen-bond donors (Lipinski definition) is 1. The van der Waals surface area contributed by atoms with Crippen molar-refractivity contribution in [3.63, 3.8) is 0 Å². The zero-order chi connectivity index (χ0) is 23.3. The predicted octanol–water partition coefficient (Wildman–Crippen LogP) is 4.50. The van der Waals surface area contributed by atoms with E-state index in [0.29, 0.717) is 22.6 Å². The monoisotopic (exact) mass is 425 g/mol. The second-order valence-electron chi connectivity index (χ2n) is 7.78. The predicted molar refractivity (Wildman–Crippen MR) is 116 cm³/mol. The van der Waals surface area contributed by atoms with Crippen molar-refractivity contribution in [2.24, 2.45) is 0 Å². The van der Waals surface area contributed by atoms with Crippen LogP contribution in [0.3, 0.4) is 0 Å². The lowest BCUT2D eigenvalue weighted by Crippen LogP contribution is -2.30. The molecule has 3 heterocycles. The summed E-state index contributed by atoms with van der Waals surface area (Å²) in [6.45, 7) is 2.66. The number of carbonyl (C=O) groups is 2. The van der Waals surface area contributed by atoms with Crippen LogP contribution in [0.5, 0.6) is 0 Å². The molecule has 0 aliphatic carbocycles. The summed E-state index contributed by atoms with van der Waals surface area (Å²) < 4.78 is 16.1. The lowest BCUT2D eigenvalue weighted by atomic mass is 9.95. The summed E-state index contributed by atoms with van der Waals surface area (Å²) in [5.74, 6) is -0.367. The lowest BCUT2D eigenvalue weighted by molar-refractivity contribution is -0.120. The van der Waals surface area contributed by atoms with Gasteiger partial charge in [0.1, 0.15) is 16.8 Å². The number of pyridine rings is 2. The number of aliphatic hydroxyl groups is 1. The molecule has 154 valence electrons. The molecule has 0 bridgehead atoms. The largest absolute Gasteiger partial charge is 0.390 e. The number of halogens is 1. The van der Waals surface area contributed by atoms with Crippen LogP contribution >= 0.6 is 11.6 Å². The Morgan fingerprint density at radius 2 is 1.93 bits per heavy atom. The zero-order valence-electron chi connectivity index (χ0n) is 18.6. The van der Waals surface area contributed by atoms with E-state index < -0.39 is 30.2 Å². The minimum absolute atomic E-state index is 0.110. The number of nitrogens with zero attached hydrogens (tertiary/aromatic N) is 3. The number of fused-ring (bicyclic) bond motifs is 2. The van der Waals surface area contributed by atoms with Gasteiger partial charge in [0.25, 0.3) is 5.91 Å². The molecule has 1 N–H and O–H groups in total. The Morgan fingerprint density at radius 1 is 1.20 bits per heavy atom. The highest BCUT2D eigenvalue weighted by Crippen LogP contribution is 2.39. The molecule has 4 rings (SSSR count). The number of aromatic nitrogens is 2. The molecule has 2 aromatic heterocycles. The number of carbonyl (C=O) groups excluding carboxylic acids is 2. The quantitative estimate of drug-likeness (QED) is 0.588. The summed E-state index contributed by atoms with van der Waals surface area (Å²) in [4.78, 5) is 36.3. The molecule has 0 spiro atoms. The summed E-state index contributed by atoms with van der Waals surface area (Å²) in [5, 5.41) is 11.1. The Labute approximate surface area is 182 Å². The van der Waals surface area contributed by atoms with Crippen molar-refractivity contribution in [2.45, 2.75) is 44.7 Å². The summed E-state index contributed by atoms with van der Waals surface area (Å²) in [7, 11) is 0. The van der Waals surface area contributed by atoms with E-state index in [1.54, 1.807) is 48.5 Å². The first kappa shape index (κ1) is 18.0. The molecule has 1 aliphatic heterocycles. The minimum atomic E-state index is -2.11. The Kier molecular flexibility index (Phi) is 4.66. The van der Waals surface area contributed by atoms with Crippen molar-refractivity contribution in [3.8, 4) is 0 Å². The topological polar surface area (TPSA) is 83.4 Å². The number of anilines is 1. The van der Waals surface area contributed by atoms with E-state index in [-0.39, 0.29) is 17.5 Å². The molecule has 30 heavy (non-hydrogen) atoms. The van der Waals surface area contributed by atoms with Gasteiger partial charge in [0.15, 0.2) is 5.65 Å². The van der Waals surface area contributed by atoms with E-state index >= 15 is 0 Å². The van der Waals surface area contributed by atoms with E-state index in [2.05, 4.69) is 9.97 Å². The number of Topliss-reactive ketones (excluding diaryl/α,β-unsaturated/α-hetero) is 1. The smallest absolute Gasteiger partial charge is 0.260 e. The van der Waals surface area contributed by atoms with Gasteiger partial charge in [0, 0.05) is 26.5 Å². The first-order valence-corrected chi connectivity index (χ1v) is 9.95. The highest BCUT2D eigenvalue weighted by molar-refractivity contribution is 6.29. The van der Waals surface area contributed by atoms with Gasteiger partial charge < -0.3 is 5.11 Å². The van der Waals surface area contributed by atoms with Gasteiger partial charge in [-0.2, -0.15) is 0 Å². The first-order chi connectivity index (χ1) is 15.0. The van der Waals surface area contributed by atoms with Crippen LogP contribution in [-0.2, 0) is 4.79 Å². The standard InChI is InChI=1S/C23H22ClN3O3/c1-23(2,30)12-11-15(28)13-18-16-5-3-4-6-17(16)22(29)27(18)20-10-8-14-7-9-19(24)25-21(14)26-20/h3-10,18,30H,11-13H2,1-2H3/t18-/m0/s1/i12D2. The SMILES string of the molecule is [2H]C([2H])(CC(=O)C[C@H]1c2ccccc2C(=O)N1c1ccc2ccc(Cl)nc2n1)C(C)(C)O. The van der Waals surface area contributed by atoms with E-state index in [0.717, 1.165) is 5.39 Å². The third kappa shape index (κ3) is 4.06. The summed E-state index contributed by atoms with van der Waals surface area (Å²) >= 11 is 6.00. The highest BCUT2D eigenvalue weighted by atomic mass is 35.5. The minimum Gasteiger partial charge on any atom is -0.390 e. The molecule has 1 aliphatic rings. The fraction of sp³-hybridized carbons (Fsp3) is 0.304. The van der Waals surface area contributed by atoms with Crippen molar-refractivity contribution >= 4 is 40.1 Å². The molecular weight excluding hydrogens is 402 g/mol. The van der Waals surface area contributed by atoms with Crippen molar-refractivity contribution in [1.29, 1.82) is 0 Å². The fourth-order valence-corrected chi connectivity index (χ4v) is 3.70. The number of amides is 1. The van der Waals surface area contributed by atoms with Gasteiger partial charge in [-0.3, -0.25) is 14.5 Å². The molecule has 3 aromatic rings. The third-order valence-electron chi connectivity index (χ3n) is 4.97. The summed E-state index contributed by atoms with van der Waals surface area (Å²) in [6, 6.07) is 13.3. The average Bonchev–Trinajstić information content (AvgIpc) is 2.98. The average molecular weight is 426 g/mol. The van der Waals surface area contributed by atoms with Crippen LogP contribution in [0.15, 0.2) is 48.5 Å². The normalized spacial score (nSPS) is 17.7. The number of benzene rings is 1. The van der Waals surface area contributed by atoms with Gasteiger partial charge in [-0.15, -0.1) is 0 Å². The molecule has 0 fully saturated rings. The molecule has 0 saturated carbocycles. The molecule has 1 atom stereocenters. The third-order valence-corrected chi connectivity index (χ3v) is 5.18. The van der Waals surface area contributed by atoms with Crippen LogP contribution in [0.4, 0.5) is 5.82 Å². The van der Waals surface area contributed by atoms with Crippen molar-refractivity contribution < 1.29 is 17.4 Å². The van der Waals surface area contributed by atoms with Crippen molar-refractivity contribution in [2.75, 3.05) is 4.90 Å². The molecule has 0 radical (unpaired) electrons. The van der Waals surface area contributed by atoms with Crippen molar-refractivity contribution in [1.82, 2.24) is 9.97 Å². The molecule has 0 saturated heterocycles. The summed E-state index contributed by atoms with van der Waals surface area (Å²) in [5.41, 5.74) is -0.161. The molecule has 0 unspecified atom stereocenters. The Bertz CT molecular complexity index is 1230. The number of ketones is 1. The second-order valence-corrected chi connectivity index (χ2v) is 8.17. The van der Waals surface area contributed by atoms with Crippen LogP contribution in [0, 0.1) is 0 Å². The number of rotatable bonds is 6. The van der Waals surface area contributed by atoms with Crippen LogP contribution < -0.4 is 4.90 Å². The van der Waals surface area contributed by atoms with Crippen LogP contribution in [0.2, 0.25) is 5.15 Å². The lowest BCUT2D eigenvalue weighted by Gasteiger charge is -2.25. The molecule has 6 nitrogen and oxygen atoms in total. The molecule has 1 amide bonds. The van der Waals surface area contributed by atoms with E-state index in [9.17, 15) is 14.7 Å². The Morgan fingerprint density at radius 3 is 2.70 bits per heavy atom. The maximum atomic E-state index is 13.3. The molecule has 1 aromatic carbocycles. The number of hydrogen-bond acceptors (Lipinski definition) is 5. The van der Waals surface area contributed by atoms with Gasteiger partial charge >= 0.3 is 0 Å². The Balaban J connectivity index is 1.71. The van der Waals surface area contributed by atoms with Crippen LogP contribution in [-0.4, -0.2) is 32.4 Å². The summed E-state index contributed by atoms with van der Waals surface area (Å²) in [6.07, 6.45) is -2.69. The van der Waals surface area contributed by atoms with Crippen LogP contribution in [0.1, 0.15) is 57.8 Å². The maximum absolute atomic E-state index is 13.3.